The molecule has 5 nitrogen and oxygen atoms in total. The van der Waals surface area contributed by atoms with E-state index in [-0.39, 0.29) is 4.90 Å². The predicted molar refractivity (Wildman–Crippen MR) is 71.4 cm³/mol. The monoisotopic (exact) mass is 269 g/mol. The van der Waals surface area contributed by atoms with E-state index in [1.54, 1.807) is 18.3 Å². The first-order valence-corrected chi connectivity index (χ1v) is 8.06. The van der Waals surface area contributed by atoms with Crippen molar-refractivity contribution in [3.05, 3.63) is 18.3 Å². The molecule has 0 saturated carbocycles. The molecule has 0 radical (unpaired) electrons. The molecule has 2 N–H and O–H groups in total. The molecule has 2 rings (SSSR count). The van der Waals surface area contributed by atoms with Crippen molar-refractivity contribution in [3.63, 3.8) is 0 Å². The Morgan fingerprint density at radius 2 is 2.17 bits per heavy atom. The molecule has 0 spiro atoms. The molecule has 0 aromatic carbocycles. The Bertz CT molecular complexity index is 496. The lowest BCUT2D eigenvalue weighted by Gasteiger charge is -2.23. The molecule has 1 aromatic heterocycles. The van der Waals surface area contributed by atoms with Gasteiger partial charge in [-0.15, -0.1) is 0 Å². The van der Waals surface area contributed by atoms with Crippen LogP contribution >= 0.6 is 0 Å². The van der Waals surface area contributed by atoms with Gasteiger partial charge in [0, 0.05) is 19.0 Å². The fourth-order valence-corrected chi connectivity index (χ4v) is 2.95. The third-order valence-electron chi connectivity index (χ3n) is 3.19. The van der Waals surface area contributed by atoms with E-state index in [4.69, 9.17) is 0 Å². The lowest BCUT2D eigenvalue weighted by Crippen LogP contribution is -2.31. The van der Waals surface area contributed by atoms with Crippen LogP contribution in [0.4, 0.5) is 5.82 Å². The van der Waals surface area contributed by atoms with Gasteiger partial charge >= 0.3 is 0 Å². The fraction of sp³-hybridized carbons (Fsp3) is 0.583. The van der Waals surface area contributed by atoms with Crippen LogP contribution in [0, 0.1) is 5.92 Å². The zero-order chi connectivity index (χ0) is 13.0. The van der Waals surface area contributed by atoms with Gasteiger partial charge in [0.1, 0.15) is 10.7 Å². The van der Waals surface area contributed by atoms with E-state index in [1.807, 2.05) is 0 Å². The number of anilines is 1. The summed E-state index contributed by atoms with van der Waals surface area (Å²) in [7, 11) is -3.22. The quantitative estimate of drug-likeness (QED) is 0.849. The second-order valence-corrected chi connectivity index (χ2v) is 6.68. The molecule has 1 saturated heterocycles. The summed E-state index contributed by atoms with van der Waals surface area (Å²) in [4.78, 5) is 4.40. The summed E-state index contributed by atoms with van der Waals surface area (Å²) >= 11 is 0. The highest BCUT2D eigenvalue weighted by atomic mass is 32.2. The maximum Gasteiger partial charge on any atom is 0.179 e. The van der Waals surface area contributed by atoms with Crippen molar-refractivity contribution < 1.29 is 8.42 Å². The zero-order valence-electron chi connectivity index (χ0n) is 10.5. The van der Waals surface area contributed by atoms with Crippen molar-refractivity contribution in [2.45, 2.75) is 17.7 Å². The van der Waals surface area contributed by atoms with Gasteiger partial charge in [-0.1, -0.05) is 0 Å². The van der Waals surface area contributed by atoms with E-state index in [1.165, 1.54) is 6.26 Å². The molecule has 1 aliphatic rings. The van der Waals surface area contributed by atoms with Crippen LogP contribution in [0.25, 0.3) is 0 Å². The Balaban J connectivity index is 2.05. The number of hydrogen-bond donors (Lipinski definition) is 2. The van der Waals surface area contributed by atoms with Crippen LogP contribution in [-0.4, -0.2) is 39.3 Å². The lowest BCUT2D eigenvalue weighted by molar-refractivity contribution is 0.389. The van der Waals surface area contributed by atoms with Crippen molar-refractivity contribution in [3.8, 4) is 0 Å². The van der Waals surface area contributed by atoms with Crippen LogP contribution in [0.1, 0.15) is 12.8 Å². The van der Waals surface area contributed by atoms with E-state index in [0.29, 0.717) is 11.7 Å². The number of pyridine rings is 1. The number of rotatable bonds is 4. The molecule has 0 unspecified atom stereocenters. The maximum atomic E-state index is 11.6. The Morgan fingerprint density at radius 3 is 2.83 bits per heavy atom. The minimum atomic E-state index is -3.22. The second-order valence-electron chi connectivity index (χ2n) is 4.70. The van der Waals surface area contributed by atoms with Crippen molar-refractivity contribution in [2.24, 2.45) is 5.92 Å². The summed E-state index contributed by atoms with van der Waals surface area (Å²) < 4.78 is 23.2. The second kappa shape index (κ2) is 5.67. The lowest BCUT2D eigenvalue weighted by atomic mass is 9.98. The molecule has 2 heterocycles. The van der Waals surface area contributed by atoms with Crippen molar-refractivity contribution >= 4 is 15.7 Å². The molecule has 100 valence electrons. The normalized spacial score (nSPS) is 17.6. The van der Waals surface area contributed by atoms with Gasteiger partial charge in [0.15, 0.2) is 9.84 Å². The standard InChI is InChI=1S/C12H19N3O2S/c1-18(16,17)11-3-2-6-14-12(11)15-9-10-4-7-13-8-5-10/h2-3,6,10,13H,4-5,7-9H2,1H3,(H,14,15). The van der Waals surface area contributed by atoms with E-state index in [9.17, 15) is 8.42 Å². The highest BCUT2D eigenvalue weighted by Gasteiger charge is 2.16. The molecule has 6 heteroatoms. The minimum Gasteiger partial charge on any atom is -0.369 e. The summed E-state index contributed by atoms with van der Waals surface area (Å²) in [5.41, 5.74) is 0. The molecular weight excluding hydrogens is 250 g/mol. The average Bonchev–Trinajstić information content (AvgIpc) is 2.37. The highest BCUT2D eigenvalue weighted by molar-refractivity contribution is 7.90. The SMILES string of the molecule is CS(=O)(=O)c1cccnc1NCC1CCNCC1. The van der Waals surface area contributed by atoms with Crippen molar-refractivity contribution in [1.29, 1.82) is 0 Å². The zero-order valence-corrected chi connectivity index (χ0v) is 11.3. The summed E-state index contributed by atoms with van der Waals surface area (Å²) in [5, 5.41) is 6.48. The summed E-state index contributed by atoms with van der Waals surface area (Å²) in [6.45, 7) is 2.85. The summed E-state index contributed by atoms with van der Waals surface area (Å²) in [6, 6.07) is 3.24. The molecule has 0 amide bonds. The average molecular weight is 269 g/mol. The van der Waals surface area contributed by atoms with E-state index in [2.05, 4.69) is 15.6 Å². The number of nitrogens with zero attached hydrogens (tertiary/aromatic N) is 1. The van der Waals surface area contributed by atoms with E-state index in [0.717, 1.165) is 32.5 Å². The van der Waals surface area contributed by atoms with Gasteiger partial charge in [0.2, 0.25) is 0 Å². The molecule has 1 aliphatic heterocycles. The molecule has 0 atom stereocenters. The van der Waals surface area contributed by atoms with Gasteiger partial charge in [-0.25, -0.2) is 13.4 Å². The number of aromatic nitrogens is 1. The van der Waals surface area contributed by atoms with Crippen LogP contribution in [0.2, 0.25) is 0 Å². The molecule has 1 aromatic rings. The largest absolute Gasteiger partial charge is 0.369 e. The Hall–Kier alpha value is -1.14. The van der Waals surface area contributed by atoms with Crippen molar-refractivity contribution in [2.75, 3.05) is 31.2 Å². The van der Waals surface area contributed by atoms with Crippen LogP contribution in [-0.2, 0) is 9.84 Å². The molecular formula is C12H19N3O2S. The van der Waals surface area contributed by atoms with Gasteiger partial charge in [0.25, 0.3) is 0 Å². The van der Waals surface area contributed by atoms with Crippen molar-refractivity contribution in [1.82, 2.24) is 10.3 Å². The number of piperidine rings is 1. The Labute approximate surface area is 108 Å². The third-order valence-corrected chi connectivity index (χ3v) is 4.32. The van der Waals surface area contributed by atoms with Crippen LogP contribution in [0.15, 0.2) is 23.2 Å². The summed E-state index contributed by atoms with van der Waals surface area (Å²) in [6.07, 6.45) is 5.06. The Kier molecular flexibility index (Phi) is 4.19. The van der Waals surface area contributed by atoms with Gasteiger partial charge in [-0.2, -0.15) is 0 Å². The fourth-order valence-electron chi connectivity index (χ4n) is 2.15. The predicted octanol–water partition coefficient (Wildman–Crippen LogP) is 0.897. The van der Waals surface area contributed by atoms with Gasteiger partial charge in [-0.05, 0) is 44.0 Å². The number of sulfone groups is 1. The number of nitrogens with one attached hydrogen (secondary N) is 2. The Morgan fingerprint density at radius 1 is 1.44 bits per heavy atom. The van der Waals surface area contributed by atoms with E-state index < -0.39 is 9.84 Å². The van der Waals surface area contributed by atoms with Gasteiger partial charge < -0.3 is 10.6 Å². The molecule has 0 aliphatic carbocycles. The first-order chi connectivity index (χ1) is 8.57. The smallest absolute Gasteiger partial charge is 0.179 e. The third kappa shape index (κ3) is 3.43. The topological polar surface area (TPSA) is 71.1 Å². The highest BCUT2D eigenvalue weighted by Crippen LogP contribution is 2.19. The van der Waals surface area contributed by atoms with Crippen LogP contribution < -0.4 is 10.6 Å². The number of hydrogen-bond acceptors (Lipinski definition) is 5. The van der Waals surface area contributed by atoms with Crippen LogP contribution in [0.3, 0.4) is 0 Å². The van der Waals surface area contributed by atoms with E-state index >= 15 is 0 Å². The molecule has 18 heavy (non-hydrogen) atoms. The minimum absolute atomic E-state index is 0.277. The van der Waals surface area contributed by atoms with Gasteiger partial charge in [-0.3, -0.25) is 0 Å². The van der Waals surface area contributed by atoms with Crippen LogP contribution in [0.5, 0.6) is 0 Å². The summed E-state index contributed by atoms with van der Waals surface area (Å²) in [5.74, 6) is 1.05. The maximum absolute atomic E-state index is 11.6. The molecule has 0 bridgehead atoms. The first kappa shape index (κ1) is 13.3. The first-order valence-electron chi connectivity index (χ1n) is 6.17. The molecule has 1 fully saturated rings. The van der Waals surface area contributed by atoms with Gasteiger partial charge in [0.05, 0.1) is 0 Å².